The summed E-state index contributed by atoms with van der Waals surface area (Å²) in [5, 5.41) is 0. The lowest BCUT2D eigenvalue weighted by molar-refractivity contribution is -0.177. The van der Waals surface area contributed by atoms with Crippen LogP contribution in [-0.4, -0.2) is 35.6 Å². The first-order valence-electron chi connectivity index (χ1n) is 4.43. The molecule has 0 bridgehead atoms. The standard InChI is InChI=1S/C9H17NO2/c1-5-10-6-8(11)12-9(3,4)7(10)2/h7H,5-6H2,1-4H3. The molecule has 3 heteroatoms. The fourth-order valence-electron chi connectivity index (χ4n) is 1.54. The number of nitrogens with zero attached hydrogens (tertiary/aromatic N) is 1. The van der Waals surface area contributed by atoms with Crippen molar-refractivity contribution >= 4 is 5.97 Å². The number of cyclic esters (lactones) is 1. The minimum absolute atomic E-state index is 0.111. The highest BCUT2D eigenvalue weighted by Crippen LogP contribution is 2.24. The maximum atomic E-state index is 11.1. The smallest absolute Gasteiger partial charge is 0.320 e. The van der Waals surface area contributed by atoms with Crippen LogP contribution in [0.3, 0.4) is 0 Å². The minimum Gasteiger partial charge on any atom is -0.457 e. The Kier molecular flexibility index (Phi) is 2.42. The van der Waals surface area contributed by atoms with Gasteiger partial charge in [-0.3, -0.25) is 9.69 Å². The molecule has 0 amide bonds. The van der Waals surface area contributed by atoms with Crippen LogP contribution >= 0.6 is 0 Å². The zero-order chi connectivity index (χ0) is 9.35. The SMILES string of the molecule is CCN1CC(=O)OC(C)(C)C1C. The Labute approximate surface area is 73.7 Å². The molecule has 0 saturated carbocycles. The van der Waals surface area contributed by atoms with Gasteiger partial charge in [-0.25, -0.2) is 0 Å². The third kappa shape index (κ3) is 1.61. The van der Waals surface area contributed by atoms with Crippen molar-refractivity contribution in [2.45, 2.75) is 39.3 Å². The van der Waals surface area contributed by atoms with E-state index in [2.05, 4.69) is 18.7 Å². The molecule has 12 heavy (non-hydrogen) atoms. The third-order valence-corrected chi connectivity index (χ3v) is 2.67. The van der Waals surface area contributed by atoms with Gasteiger partial charge in [0.1, 0.15) is 5.60 Å². The van der Waals surface area contributed by atoms with Crippen LogP contribution in [0.2, 0.25) is 0 Å². The Hall–Kier alpha value is -0.570. The molecule has 0 aromatic rings. The lowest BCUT2D eigenvalue weighted by Crippen LogP contribution is -2.57. The summed E-state index contributed by atoms with van der Waals surface area (Å²) < 4.78 is 5.24. The van der Waals surface area contributed by atoms with Gasteiger partial charge in [0.2, 0.25) is 0 Å². The number of likely N-dealkylation sites (N-methyl/N-ethyl adjacent to an activating group) is 1. The quantitative estimate of drug-likeness (QED) is 0.552. The molecule has 3 nitrogen and oxygen atoms in total. The van der Waals surface area contributed by atoms with Crippen molar-refractivity contribution in [1.29, 1.82) is 0 Å². The second-order valence-electron chi connectivity index (χ2n) is 3.82. The van der Waals surface area contributed by atoms with Gasteiger partial charge in [-0.05, 0) is 27.3 Å². The summed E-state index contributed by atoms with van der Waals surface area (Å²) in [6.45, 7) is 9.40. The number of rotatable bonds is 1. The Balaban J connectivity index is 2.75. The first kappa shape index (κ1) is 9.52. The van der Waals surface area contributed by atoms with E-state index >= 15 is 0 Å². The third-order valence-electron chi connectivity index (χ3n) is 2.67. The molecule has 1 saturated heterocycles. The topological polar surface area (TPSA) is 29.5 Å². The summed E-state index contributed by atoms with van der Waals surface area (Å²) in [4.78, 5) is 13.3. The Morgan fingerprint density at radius 3 is 2.75 bits per heavy atom. The molecule has 1 rings (SSSR count). The van der Waals surface area contributed by atoms with E-state index in [0.29, 0.717) is 12.6 Å². The maximum Gasteiger partial charge on any atom is 0.320 e. The number of hydrogen-bond donors (Lipinski definition) is 0. The van der Waals surface area contributed by atoms with Crippen LogP contribution in [0.5, 0.6) is 0 Å². The van der Waals surface area contributed by atoms with Crippen molar-refractivity contribution in [1.82, 2.24) is 4.90 Å². The Bertz CT molecular complexity index is 189. The highest BCUT2D eigenvalue weighted by molar-refractivity contribution is 5.73. The van der Waals surface area contributed by atoms with Crippen LogP contribution in [0, 0.1) is 0 Å². The first-order valence-corrected chi connectivity index (χ1v) is 4.43. The summed E-state index contributed by atoms with van der Waals surface area (Å²) >= 11 is 0. The molecule has 70 valence electrons. The van der Waals surface area contributed by atoms with Gasteiger partial charge in [-0.2, -0.15) is 0 Å². The number of esters is 1. The summed E-state index contributed by atoms with van der Waals surface area (Å²) in [6.07, 6.45) is 0. The van der Waals surface area contributed by atoms with E-state index in [-0.39, 0.29) is 11.6 Å². The van der Waals surface area contributed by atoms with Gasteiger partial charge >= 0.3 is 5.97 Å². The molecule has 1 unspecified atom stereocenters. The van der Waals surface area contributed by atoms with Gasteiger partial charge in [0.05, 0.1) is 6.54 Å². The molecular weight excluding hydrogens is 154 g/mol. The van der Waals surface area contributed by atoms with Crippen LogP contribution in [0.4, 0.5) is 0 Å². The summed E-state index contributed by atoms with van der Waals surface area (Å²) in [5.74, 6) is -0.111. The molecule has 0 radical (unpaired) electrons. The van der Waals surface area contributed by atoms with Crippen molar-refractivity contribution in [3.63, 3.8) is 0 Å². The van der Waals surface area contributed by atoms with Crippen molar-refractivity contribution in [3.8, 4) is 0 Å². The van der Waals surface area contributed by atoms with Gasteiger partial charge in [0.25, 0.3) is 0 Å². The minimum atomic E-state index is -0.342. The van der Waals surface area contributed by atoms with Gasteiger partial charge in [-0.1, -0.05) is 6.92 Å². The molecule has 0 aliphatic carbocycles. The summed E-state index contributed by atoms with van der Waals surface area (Å²) in [5.41, 5.74) is -0.342. The van der Waals surface area contributed by atoms with Crippen LogP contribution in [0.25, 0.3) is 0 Å². The molecule has 1 heterocycles. The molecule has 0 spiro atoms. The van der Waals surface area contributed by atoms with E-state index < -0.39 is 0 Å². The van der Waals surface area contributed by atoms with Gasteiger partial charge in [-0.15, -0.1) is 0 Å². The predicted octanol–water partition coefficient (Wildman–Crippen LogP) is 1.03. The second-order valence-corrected chi connectivity index (χ2v) is 3.82. The summed E-state index contributed by atoms with van der Waals surface area (Å²) in [6, 6.07) is 0.306. The van der Waals surface area contributed by atoms with Gasteiger partial charge in [0.15, 0.2) is 0 Å². The number of carbonyl (C=O) groups is 1. The zero-order valence-electron chi connectivity index (χ0n) is 8.26. The lowest BCUT2D eigenvalue weighted by Gasteiger charge is -2.43. The molecule has 1 aliphatic rings. The van der Waals surface area contributed by atoms with Crippen LogP contribution in [0.15, 0.2) is 0 Å². The fourth-order valence-corrected chi connectivity index (χ4v) is 1.54. The van der Waals surface area contributed by atoms with Crippen LogP contribution in [-0.2, 0) is 9.53 Å². The Morgan fingerprint density at radius 1 is 1.67 bits per heavy atom. The fraction of sp³-hybridized carbons (Fsp3) is 0.889. The van der Waals surface area contributed by atoms with Crippen molar-refractivity contribution in [3.05, 3.63) is 0 Å². The number of carbonyl (C=O) groups excluding carboxylic acids is 1. The zero-order valence-corrected chi connectivity index (χ0v) is 8.26. The molecule has 1 aliphatic heterocycles. The van der Waals surface area contributed by atoms with Gasteiger partial charge < -0.3 is 4.74 Å². The highest BCUT2D eigenvalue weighted by atomic mass is 16.6. The average Bonchev–Trinajstić information content (AvgIpc) is 1.96. The largest absolute Gasteiger partial charge is 0.457 e. The molecule has 0 aromatic carbocycles. The van der Waals surface area contributed by atoms with Gasteiger partial charge in [0, 0.05) is 6.04 Å². The monoisotopic (exact) mass is 171 g/mol. The molecular formula is C9H17NO2. The van der Waals surface area contributed by atoms with Crippen molar-refractivity contribution in [2.75, 3.05) is 13.1 Å². The number of ether oxygens (including phenoxy) is 1. The number of hydrogen-bond acceptors (Lipinski definition) is 3. The van der Waals surface area contributed by atoms with E-state index in [1.54, 1.807) is 0 Å². The molecule has 1 atom stereocenters. The molecule has 0 N–H and O–H groups in total. The first-order chi connectivity index (χ1) is 5.47. The molecule has 0 aromatic heterocycles. The van der Waals surface area contributed by atoms with E-state index in [4.69, 9.17) is 4.74 Å². The van der Waals surface area contributed by atoms with E-state index in [1.165, 1.54) is 0 Å². The van der Waals surface area contributed by atoms with Crippen molar-refractivity contribution in [2.24, 2.45) is 0 Å². The Morgan fingerprint density at radius 2 is 2.25 bits per heavy atom. The maximum absolute atomic E-state index is 11.1. The van der Waals surface area contributed by atoms with E-state index in [9.17, 15) is 4.79 Å². The van der Waals surface area contributed by atoms with Crippen molar-refractivity contribution < 1.29 is 9.53 Å². The van der Waals surface area contributed by atoms with Crippen LogP contribution < -0.4 is 0 Å². The molecule has 1 fully saturated rings. The summed E-state index contributed by atoms with van der Waals surface area (Å²) in [7, 11) is 0. The van der Waals surface area contributed by atoms with E-state index in [1.807, 2.05) is 13.8 Å². The lowest BCUT2D eigenvalue weighted by atomic mass is 9.97. The predicted molar refractivity (Wildman–Crippen MR) is 46.9 cm³/mol. The number of morpholine rings is 1. The van der Waals surface area contributed by atoms with E-state index in [0.717, 1.165) is 6.54 Å². The second kappa shape index (κ2) is 3.05. The normalized spacial score (nSPS) is 30.0. The average molecular weight is 171 g/mol. The highest BCUT2D eigenvalue weighted by Gasteiger charge is 2.38. The van der Waals surface area contributed by atoms with Crippen LogP contribution in [0.1, 0.15) is 27.7 Å².